The monoisotopic (exact) mass is 376 g/mol. The molecule has 0 amide bonds. The number of nitrogens with one attached hydrogen (secondary N) is 1. The summed E-state index contributed by atoms with van der Waals surface area (Å²) >= 11 is 1.40. The smallest absolute Gasteiger partial charge is 0.341 e. The van der Waals surface area contributed by atoms with Crippen molar-refractivity contribution < 1.29 is 18.7 Å². The summed E-state index contributed by atoms with van der Waals surface area (Å²) in [5, 5.41) is 0.538. The number of hydrogen-bond donors (Lipinski definition) is 1. The van der Waals surface area contributed by atoms with Crippen molar-refractivity contribution in [2.24, 2.45) is 0 Å². The molecule has 0 aliphatic rings. The molecule has 0 fully saturated rings. The molecule has 6 nitrogen and oxygen atoms in total. The molecular formula is C18H17FN2O4S. The van der Waals surface area contributed by atoms with Gasteiger partial charge < -0.3 is 14.5 Å². The third-order valence-corrected chi connectivity index (χ3v) is 5.22. The summed E-state index contributed by atoms with van der Waals surface area (Å²) in [6.07, 6.45) is -0.844. The van der Waals surface area contributed by atoms with Gasteiger partial charge in [0.2, 0.25) is 0 Å². The molecule has 8 heteroatoms. The van der Waals surface area contributed by atoms with Gasteiger partial charge in [0, 0.05) is 10.9 Å². The van der Waals surface area contributed by atoms with E-state index in [4.69, 9.17) is 9.47 Å². The molecule has 3 rings (SSSR count). The van der Waals surface area contributed by atoms with Crippen molar-refractivity contribution in [2.75, 3.05) is 7.11 Å². The Hall–Kier alpha value is -2.74. The highest BCUT2D eigenvalue weighted by Gasteiger charge is 2.21. The zero-order chi connectivity index (χ0) is 19.0. The van der Waals surface area contributed by atoms with Crippen LogP contribution in [0.2, 0.25) is 0 Å². The fourth-order valence-corrected chi connectivity index (χ4v) is 3.57. The van der Waals surface area contributed by atoms with Gasteiger partial charge in [-0.15, -0.1) is 11.3 Å². The van der Waals surface area contributed by atoms with Crippen LogP contribution in [0.4, 0.5) is 4.39 Å². The fraction of sp³-hybridized carbons (Fsp3) is 0.278. The van der Waals surface area contributed by atoms with Gasteiger partial charge in [-0.25, -0.2) is 14.2 Å². The number of benzene rings is 1. The van der Waals surface area contributed by atoms with E-state index in [2.05, 4.69) is 9.97 Å². The molecule has 136 valence electrons. The maximum atomic E-state index is 14.0. The molecule has 0 unspecified atom stereocenters. The quantitative estimate of drug-likeness (QED) is 0.703. The van der Waals surface area contributed by atoms with Crippen molar-refractivity contribution in [2.45, 2.75) is 26.9 Å². The third-order valence-electron chi connectivity index (χ3n) is 4.12. The molecule has 0 radical (unpaired) electrons. The highest BCUT2D eigenvalue weighted by atomic mass is 32.1. The number of aromatic nitrogens is 2. The first-order valence-electron chi connectivity index (χ1n) is 7.86. The van der Waals surface area contributed by atoms with E-state index in [0.717, 1.165) is 16.5 Å². The number of ether oxygens (including phenoxy) is 2. The zero-order valence-corrected chi connectivity index (χ0v) is 15.5. The second kappa shape index (κ2) is 6.87. The van der Waals surface area contributed by atoms with Crippen molar-refractivity contribution in [1.82, 2.24) is 9.97 Å². The van der Waals surface area contributed by atoms with Gasteiger partial charge in [0.15, 0.2) is 11.9 Å². The Balaban J connectivity index is 1.88. The fourth-order valence-electron chi connectivity index (χ4n) is 2.53. The van der Waals surface area contributed by atoms with Gasteiger partial charge in [0.25, 0.3) is 5.56 Å². The number of esters is 1. The van der Waals surface area contributed by atoms with E-state index in [9.17, 15) is 14.0 Å². The largest absolute Gasteiger partial charge is 0.497 e. The molecule has 1 N–H and O–H groups in total. The SMILES string of the molecule is COc1ccc(C(=O)O[C@@H](C)c2nc3sc(C)c(C)c3c(=O)[nH]2)c(F)c1. The van der Waals surface area contributed by atoms with E-state index in [0.29, 0.717) is 16.0 Å². The Morgan fingerprint density at radius 2 is 2.08 bits per heavy atom. The van der Waals surface area contributed by atoms with Crippen LogP contribution in [-0.2, 0) is 4.74 Å². The summed E-state index contributed by atoms with van der Waals surface area (Å²) in [5.74, 6) is -1.08. The number of H-pyrrole nitrogens is 1. The highest BCUT2D eigenvalue weighted by molar-refractivity contribution is 7.18. The first-order valence-corrected chi connectivity index (χ1v) is 8.68. The Labute approximate surface area is 152 Å². The molecule has 0 saturated carbocycles. The average molecular weight is 376 g/mol. The van der Waals surface area contributed by atoms with Gasteiger partial charge in [-0.1, -0.05) is 0 Å². The Morgan fingerprint density at radius 1 is 1.35 bits per heavy atom. The maximum absolute atomic E-state index is 14.0. The molecule has 0 spiro atoms. The number of fused-ring (bicyclic) bond motifs is 1. The summed E-state index contributed by atoms with van der Waals surface area (Å²) in [6.45, 7) is 5.34. The van der Waals surface area contributed by atoms with E-state index in [1.54, 1.807) is 6.92 Å². The van der Waals surface area contributed by atoms with Gasteiger partial charge in [0.05, 0.1) is 18.1 Å². The molecule has 26 heavy (non-hydrogen) atoms. The lowest BCUT2D eigenvalue weighted by Gasteiger charge is -2.13. The lowest BCUT2D eigenvalue weighted by Crippen LogP contribution is -2.17. The molecular weight excluding hydrogens is 359 g/mol. The van der Waals surface area contributed by atoms with E-state index in [-0.39, 0.29) is 16.9 Å². The van der Waals surface area contributed by atoms with Crippen LogP contribution in [0.5, 0.6) is 5.75 Å². The van der Waals surface area contributed by atoms with Crippen LogP contribution in [-0.4, -0.2) is 23.0 Å². The Bertz CT molecular complexity index is 1060. The van der Waals surface area contributed by atoms with E-state index < -0.39 is 17.9 Å². The van der Waals surface area contributed by atoms with Crippen LogP contribution in [0.1, 0.15) is 39.7 Å². The van der Waals surface area contributed by atoms with Crippen LogP contribution in [0, 0.1) is 19.7 Å². The van der Waals surface area contributed by atoms with Crippen molar-refractivity contribution in [3.05, 3.63) is 56.2 Å². The lowest BCUT2D eigenvalue weighted by molar-refractivity contribution is 0.0314. The van der Waals surface area contributed by atoms with Crippen LogP contribution < -0.4 is 10.3 Å². The normalized spacial score (nSPS) is 12.2. The van der Waals surface area contributed by atoms with Crippen LogP contribution >= 0.6 is 11.3 Å². The second-order valence-electron chi connectivity index (χ2n) is 5.81. The number of nitrogens with zero attached hydrogens (tertiary/aromatic N) is 1. The molecule has 0 bridgehead atoms. The zero-order valence-electron chi connectivity index (χ0n) is 14.7. The molecule has 2 aromatic heterocycles. The number of hydrogen-bond acceptors (Lipinski definition) is 6. The minimum absolute atomic E-state index is 0.214. The summed E-state index contributed by atoms with van der Waals surface area (Å²) in [4.78, 5) is 33.2. The van der Waals surface area contributed by atoms with Crippen molar-refractivity contribution >= 4 is 27.5 Å². The molecule has 0 saturated heterocycles. The summed E-state index contributed by atoms with van der Waals surface area (Å²) in [6, 6.07) is 3.85. The van der Waals surface area contributed by atoms with Crippen molar-refractivity contribution in [1.29, 1.82) is 0 Å². The number of aryl methyl sites for hydroxylation is 2. The number of halogens is 1. The standard InChI is InChI=1S/C18H17FN2O4S/c1-8-10(3)26-17-14(8)16(22)20-15(21-17)9(2)25-18(23)12-6-5-11(24-4)7-13(12)19/h5-7,9H,1-4H3,(H,20,21,22)/t9-/m0/s1. The van der Waals surface area contributed by atoms with Gasteiger partial charge in [-0.05, 0) is 38.5 Å². The molecule has 0 aliphatic heterocycles. The van der Waals surface area contributed by atoms with Gasteiger partial charge >= 0.3 is 5.97 Å². The van der Waals surface area contributed by atoms with Crippen molar-refractivity contribution in [3.8, 4) is 5.75 Å². The molecule has 0 aliphatic carbocycles. The van der Waals surface area contributed by atoms with Crippen molar-refractivity contribution in [3.63, 3.8) is 0 Å². The first-order chi connectivity index (χ1) is 12.3. The molecule has 2 heterocycles. The molecule has 3 aromatic rings. The average Bonchev–Trinajstić information content (AvgIpc) is 2.89. The van der Waals surface area contributed by atoms with E-state index in [1.807, 2.05) is 13.8 Å². The summed E-state index contributed by atoms with van der Waals surface area (Å²) in [7, 11) is 1.40. The Kier molecular flexibility index (Phi) is 4.78. The van der Waals surface area contributed by atoms with E-state index in [1.165, 1.54) is 30.6 Å². The summed E-state index contributed by atoms with van der Waals surface area (Å²) < 4.78 is 24.2. The number of aromatic amines is 1. The third kappa shape index (κ3) is 3.20. The highest BCUT2D eigenvalue weighted by Crippen LogP contribution is 2.27. The number of carbonyl (C=O) groups is 1. The van der Waals surface area contributed by atoms with Crippen LogP contribution in [0.25, 0.3) is 10.2 Å². The van der Waals surface area contributed by atoms with E-state index >= 15 is 0 Å². The van der Waals surface area contributed by atoms with Crippen LogP contribution in [0.3, 0.4) is 0 Å². The summed E-state index contributed by atoms with van der Waals surface area (Å²) in [5.41, 5.74) is 0.379. The topological polar surface area (TPSA) is 81.3 Å². The van der Waals surface area contributed by atoms with Gasteiger partial charge in [-0.2, -0.15) is 0 Å². The molecule has 1 atom stereocenters. The lowest BCUT2D eigenvalue weighted by atomic mass is 10.2. The van der Waals surface area contributed by atoms with Crippen LogP contribution in [0.15, 0.2) is 23.0 Å². The van der Waals surface area contributed by atoms with Gasteiger partial charge in [-0.3, -0.25) is 4.79 Å². The predicted octanol–water partition coefficient (Wildman–Crippen LogP) is 3.67. The molecule has 1 aromatic carbocycles. The second-order valence-corrected chi connectivity index (χ2v) is 7.01. The van der Waals surface area contributed by atoms with Gasteiger partial charge in [0.1, 0.15) is 16.4 Å². The predicted molar refractivity (Wildman–Crippen MR) is 96.5 cm³/mol. The minimum Gasteiger partial charge on any atom is -0.497 e. The first kappa shape index (κ1) is 18.1. The maximum Gasteiger partial charge on any atom is 0.341 e. The number of rotatable bonds is 4. The minimum atomic E-state index is -0.848. The number of thiophene rings is 1. The number of carbonyl (C=O) groups excluding carboxylic acids is 1. The number of methoxy groups -OCH3 is 1. The Morgan fingerprint density at radius 3 is 2.73 bits per heavy atom.